The predicted molar refractivity (Wildman–Crippen MR) is 68.8 cm³/mol. The van der Waals surface area contributed by atoms with Crippen LogP contribution in [0.4, 0.5) is 0 Å². The minimum atomic E-state index is -0.0744. The first-order chi connectivity index (χ1) is 7.44. The van der Waals surface area contributed by atoms with E-state index in [1.807, 2.05) is 11.6 Å². The molecule has 0 saturated heterocycles. The van der Waals surface area contributed by atoms with Crippen molar-refractivity contribution in [2.45, 2.75) is 51.8 Å². The van der Waals surface area contributed by atoms with Crippen LogP contribution < -0.4 is 5.32 Å². The summed E-state index contributed by atoms with van der Waals surface area (Å²) in [6.45, 7) is 8.55. The molecule has 1 rings (SSSR count). The molecule has 0 aromatic carbocycles. The number of rotatable bonds is 6. The van der Waals surface area contributed by atoms with Gasteiger partial charge in [-0.3, -0.25) is 0 Å². The lowest BCUT2D eigenvalue weighted by molar-refractivity contribution is 0.00782. The first-order valence-corrected chi connectivity index (χ1v) is 6.53. The molecule has 92 valence electrons. The Kier molecular flexibility index (Phi) is 4.89. The topological polar surface area (TPSA) is 34.1 Å². The number of methoxy groups -OCH3 is 1. The predicted octanol–water partition coefficient (Wildman–Crippen LogP) is 3.00. The van der Waals surface area contributed by atoms with Gasteiger partial charge < -0.3 is 10.1 Å². The lowest BCUT2D eigenvalue weighted by Gasteiger charge is -2.28. The molecule has 0 bridgehead atoms. The van der Waals surface area contributed by atoms with Gasteiger partial charge >= 0.3 is 0 Å². The van der Waals surface area contributed by atoms with E-state index in [0.717, 1.165) is 11.4 Å². The van der Waals surface area contributed by atoms with Gasteiger partial charge in [-0.2, -0.15) is 0 Å². The zero-order chi connectivity index (χ0) is 12.2. The van der Waals surface area contributed by atoms with Crippen molar-refractivity contribution in [3.8, 4) is 0 Å². The lowest BCUT2D eigenvalue weighted by atomic mass is 9.99. The van der Waals surface area contributed by atoms with E-state index in [1.54, 1.807) is 18.4 Å². The molecule has 2 atom stereocenters. The van der Waals surface area contributed by atoms with Crippen LogP contribution in [0.1, 0.15) is 45.2 Å². The number of hydrogen-bond acceptors (Lipinski definition) is 4. The Morgan fingerprint density at radius 2 is 2.19 bits per heavy atom. The summed E-state index contributed by atoms with van der Waals surface area (Å²) in [5.74, 6) is 0. The molecule has 0 radical (unpaired) electrons. The molecule has 1 aromatic rings. The second-order valence-electron chi connectivity index (χ2n) is 4.83. The Labute approximate surface area is 102 Å². The minimum absolute atomic E-state index is 0.0744. The van der Waals surface area contributed by atoms with Crippen LogP contribution in [0.5, 0.6) is 0 Å². The average Bonchev–Trinajstić information content (AvgIpc) is 2.69. The summed E-state index contributed by atoms with van der Waals surface area (Å²) >= 11 is 1.69. The van der Waals surface area contributed by atoms with Gasteiger partial charge in [0.25, 0.3) is 0 Å². The summed E-state index contributed by atoms with van der Waals surface area (Å²) in [4.78, 5) is 4.31. The number of nitrogens with one attached hydrogen (secondary N) is 1. The van der Waals surface area contributed by atoms with Crippen LogP contribution in [0.25, 0.3) is 0 Å². The number of aromatic nitrogens is 1. The smallest absolute Gasteiger partial charge is 0.109 e. The highest BCUT2D eigenvalue weighted by molar-refractivity contribution is 7.09. The van der Waals surface area contributed by atoms with Crippen LogP contribution in [0.3, 0.4) is 0 Å². The van der Waals surface area contributed by atoms with Crippen LogP contribution in [-0.4, -0.2) is 23.7 Å². The van der Waals surface area contributed by atoms with E-state index in [4.69, 9.17) is 4.74 Å². The van der Waals surface area contributed by atoms with Crippen molar-refractivity contribution >= 4 is 11.3 Å². The van der Waals surface area contributed by atoms with Gasteiger partial charge in [-0.05, 0) is 34.1 Å². The van der Waals surface area contributed by atoms with Gasteiger partial charge in [0.1, 0.15) is 5.01 Å². The van der Waals surface area contributed by atoms with E-state index in [0.29, 0.717) is 12.1 Å². The quantitative estimate of drug-likeness (QED) is 0.832. The normalized spacial score (nSPS) is 16.1. The maximum atomic E-state index is 5.43. The molecule has 0 spiro atoms. The average molecular weight is 242 g/mol. The Hall–Kier alpha value is -0.450. The third-order valence-corrected chi connectivity index (χ3v) is 3.66. The third kappa shape index (κ3) is 4.20. The summed E-state index contributed by atoms with van der Waals surface area (Å²) in [5, 5.41) is 6.69. The van der Waals surface area contributed by atoms with Gasteiger partial charge in [0.15, 0.2) is 0 Å². The molecule has 0 amide bonds. The SMILES string of the molecule is COC(C)(C)CC(C)NC(C)c1nccs1. The monoisotopic (exact) mass is 242 g/mol. The highest BCUT2D eigenvalue weighted by Gasteiger charge is 2.21. The molecule has 0 saturated carbocycles. The van der Waals surface area contributed by atoms with Crippen molar-refractivity contribution < 1.29 is 4.74 Å². The summed E-state index contributed by atoms with van der Waals surface area (Å²) in [6.07, 6.45) is 2.83. The molecule has 0 aliphatic rings. The van der Waals surface area contributed by atoms with Crippen LogP contribution in [0, 0.1) is 0 Å². The van der Waals surface area contributed by atoms with E-state index in [9.17, 15) is 0 Å². The Bertz CT molecular complexity index is 298. The Morgan fingerprint density at radius 3 is 2.69 bits per heavy atom. The van der Waals surface area contributed by atoms with Crippen molar-refractivity contribution in [3.63, 3.8) is 0 Å². The van der Waals surface area contributed by atoms with Crippen LogP contribution >= 0.6 is 11.3 Å². The van der Waals surface area contributed by atoms with Gasteiger partial charge in [0.2, 0.25) is 0 Å². The first kappa shape index (κ1) is 13.6. The van der Waals surface area contributed by atoms with Gasteiger partial charge in [0.05, 0.1) is 11.6 Å². The summed E-state index contributed by atoms with van der Waals surface area (Å²) in [6, 6.07) is 0.719. The van der Waals surface area contributed by atoms with Gasteiger partial charge in [-0.15, -0.1) is 11.3 Å². The largest absolute Gasteiger partial charge is 0.379 e. The van der Waals surface area contributed by atoms with Crippen molar-refractivity contribution in [1.29, 1.82) is 0 Å². The molecule has 1 heterocycles. The summed E-state index contributed by atoms with van der Waals surface area (Å²) in [7, 11) is 1.76. The second-order valence-corrected chi connectivity index (χ2v) is 5.75. The highest BCUT2D eigenvalue weighted by Crippen LogP contribution is 2.19. The molecule has 3 nitrogen and oxygen atoms in total. The van der Waals surface area contributed by atoms with Gasteiger partial charge in [-0.1, -0.05) is 0 Å². The lowest BCUT2D eigenvalue weighted by Crippen LogP contribution is -2.36. The molecule has 16 heavy (non-hydrogen) atoms. The van der Waals surface area contributed by atoms with Crippen molar-refractivity contribution in [1.82, 2.24) is 10.3 Å². The molecule has 1 N–H and O–H groups in total. The highest BCUT2D eigenvalue weighted by atomic mass is 32.1. The fourth-order valence-electron chi connectivity index (χ4n) is 1.83. The third-order valence-electron chi connectivity index (χ3n) is 2.71. The Balaban J connectivity index is 2.43. The van der Waals surface area contributed by atoms with Gasteiger partial charge in [-0.25, -0.2) is 4.98 Å². The molecule has 1 aromatic heterocycles. The zero-order valence-electron chi connectivity index (χ0n) is 10.8. The van der Waals surface area contributed by atoms with Crippen LogP contribution in [-0.2, 0) is 4.74 Å². The number of nitrogens with zero attached hydrogens (tertiary/aromatic N) is 1. The van der Waals surface area contributed by atoms with E-state index in [-0.39, 0.29) is 5.60 Å². The molecule has 2 unspecified atom stereocenters. The fraction of sp³-hybridized carbons (Fsp3) is 0.750. The van der Waals surface area contributed by atoms with E-state index in [1.165, 1.54) is 0 Å². The second kappa shape index (κ2) is 5.75. The van der Waals surface area contributed by atoms with Crippen LogP contribution in [0.15, 0.2) is 11.6 Å². The van der Waals surface area contributed by atoms with E-state index in [2.05, 4.69) is 38.0 Å². The summed E-state index contributed by atoms with van der Waals surface area (Å²) in [5.41, 5.74) is -0.0744. The number of thiazole rings is 1. The molecule has 4 heteroatoms. The minimum Gasteiger partial charge on any atom is -0.379 e. The van der Waals surface area contributed by atoms with E-state index >= 15 is 0 Å². The Morgan fingerprint density at radius 1 is 1.50 bits per heavy atom. The molecule has 0 fully saturated rings. The molecular weight excluding hydrogens is 220 g/mol. The maximum absolute atomic E-state index is 5.43. The standard InChI is InChI=1S/C12H22N2OS/c1-9(8-12(3,4)15-5)14-10(2)11-13-6-7-16-11/h6-7,9-10,14H,8H2,1-5H3. The van der Waals surface area contributed by atoms with Crippen molar-refractivity contribution in [3.05, 3.63) is 16.6 Å². The van der Waals surface area contributed by atoms with E-state index < -0.39 is 0 Å². The molecule has 0 aliphatic heterocycles. The maximum Gasteiger partial charge on any atom is 0.109 e. The number of ether oxygens (including phenoxy) is 1. The first-order valence-electron chi connectivity index (χ1n) is 5.65. The molecule has 0 aliphatic carbocycles. The zero-order valence-corrected chi connectivity index (χ0v) is 11.6. The van der Waals surface area contributed by atoms with Crippen molar-refractivity contribution in [2.24, 2.45) is 0 Å². The fourth-order valence-corrected chi connectivity index (χ4v) is 2.48. The number of hydrogen-bond donors (Lipinski definition) is 1. The van der Waals surface area contributed by atoms with Crippen molar-refractivity contribution in [2.75, 3.05) is 7.11 Å². The molecular formula is C12H22N2OS. The van der Waals surface area contributed by atoms with Crippen LogP contribution in [0.2, 0.25) is 0 Å². The van der Waals surface area contributed by atoms with Gasteiger partial charge in [0, 0.05) is 24.7 Å². The summed E-state index contributed by atoms with van der Waals surface area (Å²) < 4.78 is 5.43.